The lowest BCUT2D eigenvalue weighted by Gasteiger charge is -2.34. The minimum absolute atomic E-state index is 0.256. The first-order chi connectivity index (χ1) is 30.1. The highest BCUT2D eigenvalue weighted by Gasteiger charge is 2.43. The summed E-state index contributed by atoms with van der Waals surface area (Å²) in [7, 11) is 0. The highest BCUT2D eigenvalue weighted by molar-refractivity contribution is 6.00. The average Bonchev–Trinajstić information content (AvgIpc) is 3.96. The number of rotatable bonds is 19. The molecule has 0 fully saturated rings. The van der Waals surface area contributed by atoms with Gasteiger partial charge in [0.1, 0.15) is 12.1 Å². The van der Waals surface area contributed by atoms with E-state index in [1.54, 1.807) is 20.5 Å². The number of hydrazone groups is 2. The van der Waals surface area contributed by atoms with Gasteiger partial charge in [-0.3, -0.25) is 20.4 Å². The van der Waals surface area contributed by atoms with Crippen LogP contribution in [-0.2, 0) is 9.59 Å². The summed E-state index contributed by atoms with van der Waals surface area (Å²) in [5.74, 6) is -0.809. The molecule has 14 nitrogen and oxygen atoms in total. The van der Waals surface area contributed by atoms with E-state index in [1.165, 1.54) is 0 Å². The first kappa shape index (κ1) is 47.6. The number of nitrogens with one attached hydrogen (secondary N) is 2. The van der Waals surface area contributed by atoms with Crippen LogP contribution in [0.3, 0.4) is 0 Å². The van der Waals surface area contributed by atoms with E-state index in [-0.39, 0.29) is 18.1 Å². The number of benzene rings is 4. The monoisotopic (exact) mass is 840 g/mol. The molecule has 14 heteroatoms. The van der Waals surface area contributed by atoms with Crippen molar-refractivity contribution in [3.8, 4) is 12.1 Å². The maximum atomic E-state index is 12.1. The normalized spacial score (nSPS) is 14.7. The zero-order valence-electron chi connectivity index (χ0n) is 36.3. The van der Waals surface area contributed by atoms with Gasteiger partial charge in [0.05, 0.1) is 34.6 Å². The Hall–Kier alpha value is -7.06. The number of hydrogen-bond acceptors (Lipinski definition) is 12. The molecule has 2 aliphatic rings. The van der Waals surface area contributed by atoms with E-state index in [2.05, 4.69) is 48.7 Å². The number of hydrazine groups is 4. The van der Waals surface area contributed by atoms with Crippen molar-refractivity contribution in [1.29, 1.82) is 10.5 Å². The zero-order chi connectivity index (χ0) is 44.7. The number of hydrogen-bond donors (Lipinski definition) is 4. The second-order valence-corrected chi connectivity index (χ2v) is 15.3. The van der Waals surface area contributed by atoms with Crippen LogP contribution in [0.1, 0.15) is 98.3 Å². The molecule has 0 spiro atoms. The van der Waals surface area contributed by atoms with Crippen LogP contribution >= 0.6 is 0 Å². The highest BCUT2D eigenvalue weighted by atomic mass is 16.4. The number of nitrogens with zero attached hydrogens (tertiary/aromatic N) is 8. The third kappa shape index (κ3) is 13.7. The van der Waals surface area contributed by atoms with Gasteiger partial charge in [-0.15, -0.1) is 10.2 Å². The number of carboxylic acids is 2. The molecule has 6 rings (SSSR count). The Labute approximate surface area is 366 Å². The van der Waals surface area contributed by atoms with Gasteiger partial charge in [0.2, 0.25) is 11.7 Å². The SMILES string of the molecule is CCCCC(CC)CC(CC(=O)O)(CC(CC)CCCC)C(=O)O.N#CC1=NN(c2ccccc2)N(c2ccccc2)N1.N#CC1=NN(c2ccccc2)N(c2ccccc2)N1. The molecule has 62 heavy (non-hydrogen) atoms. The second kappa shape index (κ2) is 24.9. The maximum Gasteiger partial charge on any atom is 0.310 e. The van der Waals surface area contributed by atoms with Gasteiger partial charge in [-0.05, 0) is 73.2 Å². The fraction of sp³-hybridized carbons (Fsp3) is 0.375. The summed E-state index contributed by atoms with van der Waals surface area (Å²) in [6.07, 6.45) is 8.88. The van der Waals surface area contributed by atoms with Crippen molar-refractivity contribution in [1.82, 2.24) is 10.9 Å². The predicted molar refractivity (Wildman–Crippen MR) is 246 cm³/mol. The third-order valence-electron chi connectivity index (χ3n) is 10.8. The molecule has 4 aromatic carbocycles. The summed E-state index contributed by atoms with van der Waals surface area (Å²) in [6, 6.07) is 42.8. The molecule has 0 aliphatic carbocycles. The summed E-state index contributed by atoms with van der Waals surface area (Å²) >= 11 is 0. The minimum Gasteiger partial charge on any atom is -0.481 e. The molecule has 0 radical (unpaired) electrons. The Bertz CT molecular complexity index is 1970. The average molecular weight is 841 g/mol. The maximum absolute atomic E-state index is 12.1. The van der Waals surface area contributed by atoms with Gasteiger partial charge in [0.25, 0.3) is 0 Å². The van der Waals surface area contributed by atoms with Crippen LogP contribution in [0, 0.1) is 39.9 Å². The molecule has 0 saturated carbocycles. The number of amidine groups is 2. The molecule has 0 aromatic heterocycles. The van der Waals surface area contributed by atoms with E-state index < -0.39 is 17.4 Å². The van der Waals surface area contributed by atoms with E-state index >= 15 is 0 Å². The Morgan fingerprint density at radius 1 is 0.597 bits per heavy atom. The molecule has 2 heterocycles. The van der Waals surface area contributed by atoms with Crippen molar-refractivity contribution < 1.29 is 19.8 Å². The molecular weight excluding hydrogens is 781 g/mol. The van der Waals surface area contributed by atoms with Gasteiger partial charge in [-0.2, -0.15) is 31.0 Å². The molecule has 2 atom stereocenters. The fourth-order valence-corrected chi connectivity index (χ4v) is 7.43. The Morgan fingerprint density at radius 3 is 1.21 bits per heavy atom. The Kier molecular flexibility index (Phi) is 19.1. The van der Waals surface area contributed by atoms with Crippen LogP contribution < -0.4 is 31.3 Å². The number of anilines is 4. The summed E-state index contributed by atoms with van der Waals surface area (Å²) in [4.78, 5) is 23.6. The summed E-state index contributed by atoms with van der Waals surface area (Å²) < 4.78 is 0. The molecule has 0 bridgehead atoms. The fourth-order valence-electron chi connectivity index (χ4n) is 7.43. The molecule has 2 unspecified atom stereocenters. The molecule has 4 N–H and O–H groups in total. The smallest absolute Gasteiger partial charge is 0.310 e. The first-order valence-corrected chi connectivity index (χ1v) is 21.5. The number of unbranched alkanes of at least 4 members (excludes halogenated alkanes) is 2. The number of nitriles is 2. The van der Waals surface area contributed by atoms with Gasteiger partial charge in [-0.1, -0.05) is 152 Å². The lowest BCUT2D eigenvalue weighted by molar-refractivity contribution is -0.158. The lowest BCUT2D eigenvalue weighted by Crippen LogP contribution is -2.44. The van der Waals surface area contributed by atoms with Crippen LogP contribution in [0.2, 0.25) is 0 Å². The standard InChI is InChI=1S/C20H38O4.2C14H11N5/c1-5-9-11-16(7-3)13-20(19(23)24,15-18(21)22)14-17(8-4)12-10-6-2;2*15-11-14-16-18(12-7-3-1-4-8-12)19(17-14)13-9-5-2-6-10-13/h16-17H,5-15H2,1-4H3,(H,21,22)(H,23,24);2*1-10H,(H,16,17). The number of carbonyl (C=O) groups is 2. The van der Waals surface area contributed by atoms with E-state index in [0.717, 1.165) is 74.1 Å². The van der Waals surface area contributed by atoms with E-state index in [9.17, 15) is 19.8 Å². The van der Waals surface area contributed by atoms with Crippen molar-refractivity contribution in [2.75, 3.05) is 20.5 Å². The number of carboxylic acid groups (broad SMARTS) is 2. The van der Waals surface area contributed by atoms with Crippen molar-refractivity contribution in [3.63, 3.8) is 0 Å². The van der Waals surface area contributed by atoms with Gasteiger partial charge < -0.3 is 10.2 Å². The van der Waals surface area contributed by atoms with Gasteiger partial charge in [0.15, 0.2) is 0 Å². The molecule has 4 aromatic rings. The van der Waals surface area contributed by atoms with Crippen LogP contribution in [0.15, 0.2) is 132 Å². The van der Waals surface area contributed by atoms with E-state index in [0.29, 0.717) is 24.7 Å². The molecule has 2 aliphatic heterocycles. The number of aliphatic carboxylic acids is 2. The molecule has 0 amide bonds. The highest BCUT2D eigenvalue weighted by Crippen LogP contribution is 2.42. The van der Waals surface area contributed by atoms with Crippen LogP contribution in [0.25, 0.3) is 0 Å². The lowest BCUT2D eigenvalue weighted by atomic mass is 9.68. The topological polar surface area (TPSA) is 184 Å². The quantitative estimate of drug-likeness (QED) is 0.0702. The molecule has 0 saturated heterocycles. The zero-order valence-corrected chi connectivity index (χ0v) is 36.3. The largest absolute Gasteiger partial charge is 0.481 e. The van der Waals surface area contributed by atoms with E-state index in [1.807, 2.05) is 133 Å². The van der Waals surface area contributed by atoms with Gasteiger partial charge >= 0.3 is 11.9 Å². The molecule has 326 valence electrons. The number of para-hydroxylation sites is 4. The minimum atomic E-state index is -1.12. The van der Waals surface area contributed by atoms with Crippen molar-refractivity contribution in [3.05, 3.63) is 121 Å². The summed E-state index contributed by atoms with van der Waals surface area (Å²) in [6.45, 7) is 8.43. The van der Waals surface area contributed by atoms with Crippen LogP contribution in [0.4, 0.5) is 22.7 Å². The van der Waals surface area contributed by atoms with Crippen LogP contribution in [0.5, 0.6) is 0 Å². The van der Waals surface area contributed by atoms with Crippen molar-refractivity contribution in [2.24, 2.45) is 27.5 Å². The predicted octanol–water partition coefficient (Wildman–Crippen LogP) is 10.3. The Balaban J connectivity index is 0.000000206. The van der Waals surface area contributed by atoms with Crippen molar-refractivity contribution in [2.45, 2.75) is 98.3 Å². The summed E-state index contributed by atoms with van der Waals surface area (Å²) in [5, 5.41) is 52.6. The van der Waals surface area contributed by atoms with Gasteiger partial charge in [0, 0.05) is 0 Å². The Morgan fingerprint density at radius 2 is 0.935 bits per heavy atom. The van der Waals surface area contributed by atoms with Gasteiger partial charge in [-0.25, -0.2) is 0 Å². The summed E-state index contributed by atoms with van der Waals surface area (Å²) in [5.41, 5.74) is 8.35. The first-order valence-electron chi connectivity index (χ1n) is 21.5. The molecular formula is C48H60N10O4. The second-order valence-electron chi connectivity index (χ2n) is 15.3. The third-order valence-corrected chi connectivity index (χ3v) is 10.8. The van der Waals surface area contributed by atoms with Crippen LogP contribution in [-0.4, -0.2) is 33.8 Å². The van der Waals surface area contributed by atoms with E-state index in [4.69, 9.17) is 10.5 Å². The van der Waals surface area contributed by atoms with Crippen molar-refractivity contribution >= 4 is 46.4 Å².